The van der Waals surface area contributed by atoms with Crippen LogP contribution in [0.15, 0.2) is 66.7 Å². The predicted molar refractivity (Wildman–Crippen MR) is 139 cm³/mol. The zero-order valence-electron chi connectivity index (χ0n) is 20.4. The number of hydrogen-bond donors (Lipinski definition) is 2. The highest BCUT2D eigenvalue weighted by atomic mass is 16.1. The zero-order valence-corrected chi connectivity index (χ0v) is 20.4. The third-order valence-corrected chi connectivity index (χ3v) is 6.08. The summed E-state index contributed by atoms with van der Waals surface area (Å²) in [5.74, 6) is 0.512. The molecule has 1 amide bonds. The molecular formula is C29H40N2O. The van der Waals surface area contributed by atoms with Crippen LogP contribution in [-0.2, 0) is 4.79 Å². The average Bonchev–Trinajstić information content (AvgIpc) is 2.84. The molecule has 0 radical (unpaired) electrons. The van der Waals surface area contributed by atoms with Gasteiger partial charge in [0, 0.05) is 17.8 Å². The van der Waals surface area contributed by atoms with Crippen molar-refractivity contribution in [1.82, 2.24) is 5.32 Å². The maximum Gasteiger partial charge on any atom is 0.211 e. The first-order valence-corrected chi connectivity index (χ1v) is 12.2. The second-order valence-electron chi connectivity index (χ2n) is 8.17. The van der Waals surface area contributed by atoms with E-state index in [0.717, 1.165) is 31.4 Å². The quantitative estimate of drug-likeness (QED) is 0.303. The minimum atomic E-state index is 0.294. The molecule has 0 heterocycles. The lowest BCUT2D eigenvalue weighted by molar-refractivity contribution is -0.105. The highest BCUT2D eigenvalue weighted by molar-refractivity contribution is 5.86. The molecule has 3 rings (SSSR count). The van der Waals surface area contributed by atoms with E-state index in [-0.39, 0.29) is 0 Å². The van der Waals surface area contributed by atoms with Gasteiger partial charge in [0.1, 0.15) is 0 Å². The molecule has 3 unspecified atom stereocenters. The van der Waals surface area contributed by atoms with Gasteiger partial charge < -0.3 is 10.6 Å². The third-order valence-electron chi connectivity index (χ3n) is 6.08. The predicted octanol–water partition coefficient (Wildman–Crippen LogP) is 7.84. The van der Waals surface area contributed by atoms with Crippen LogP contribution in [0.25, 0.3) is 10.8 Å². The summed E-state index contributed by atoms with van der Waals surface area (Å²) in [6.45, 7) is 10.8. The van der Waals surface area contributed by atoms with E-state index in [2.05, 4.69) is 86.0 Å². The maximum atomic E-state index is 10.7. The second kappa shape index (κ2) is 13.7. The summed E-state index contributed by atoms with van der Waals surface area (Å²) < 4.78 is 0. The van der Waals surface area contributed by atoms with Crippen LogP contribution in [0, 0.1) is 0 Å². The van der Waals surface area contributed by atoms with E-state index < -0.39 is 0 Å². The highest BCUT2D eigenvalue weighted by Crippen LogP contribution is 2.30. The van der Waals surface area contributed by atoms with Gasteiger partial charge in [0.05, 0.1) is 0 Å². The van der Waals surface area contributed by atoms with Crippen molar-refractivity contribution in [3.05, 3.63) is 77.9 Å². The van der Waals surface area contributed by atoms with Gasteiger partial charge >= 0.3 is 0 Å². The fourth-order valence-corrected chi connectivity index (χ4v) is 4.46. The molecule has 0 aliphatic heterocycles. The second-order valence-corrected chi connectivity index (χ2v) is 8.17. The molecule has 2 N–H and O–H groups in total. The van der Waals surface area contributed by atoms with E-state index in [0.29, 0.717) is 18.0 Å². The van der Waals surface area contributed by atoms with Crippen LogP contribution in [-0.4, -0.2) is 12.5 Å². The monoisotopic (exact) mass is 432 g/mol. The van der Waals surface area contributed by atoms with Crippen LogP contribution in [0.5, 0.6) is 0 Å². The molecule has 172 valence electrons. The first-order valence-electron chi connectivity index (χ1n) is 12.2. The van der Waals surface area contributed by atoms with Gasteiger partial charge in [-0.1, -0.05) is 88.7 Å². The Morgan fingerprint density at radius 2 is 1.59 bits per heavy atom. The van der Waals surface area contributed by atoms with Crippen molar-refractivity contribution in [2.75, 3.05) is 5.32 Å². The van der Waals surface area contributed by atoms with Gasteiger partial charge in [0.25, 0.3) is 0 Å². The van der Waals surface area contributed by atoms with Crippen LogP contribution in [0.4, 0.5) is 5.69 Å². The van der Waals surface area contributed by atoms with Crippen molar-refractivity contribution in [3.63, 3.8) is 0 Å². The fourth-order valence-electron chi connectivity index (χ4n) is 4.46. The van der Waals surface area contributed by atoms with Gasteiger partial charge in [-0.15, -0.1) is 0 Å². The van der Waals surface area contributed by atoms with Crippen molar-refractivity contribution in [2.45, 2.75) is 78.3 Å². The summed E-state index contributed by atoms with van der Waals surface area (Å²) in [5, 5.41) is 9.26. The van der Waals surface area contributed by atoms with Crippen molar-refractivity contribution in [1.29, 1.82) is 0 Å². The molecule has 0 saturated heterocycles. The Morgan fingerprint density at radius 3 is 2.25 bits per heavy atom. The lowest BCUT2D eigenvalue weighted by Gasteiger charge is -2.28. The summed E-state index contributed by atoms with van der Waals surface area (Å²) in [5.41, 5.74) is 3.56. The van der Waals surface area contributed by atoms with E-state index >= 15 is 0 Å². The normalized spacial score (nSPS) is 13.5. The number of amides is 1. The van der Waals surface area contributed by atoms with Gasteiger partial charge in [0.15, 0.2) is 0 Å². The number of carbonyl (C=O) groups excluding carboxylic acids is 1. The first-order chi connectivity index (χ1) is 15.7. The maximum absolute atomic E-state index is 10.7. The van der Waals surface area contributed by atoms with E-state index in [9.17, 15) is 4.79 Å². The molecule has 0 aliphatic rings. The molecule has 3 nitrogen and oxygen atoms in total. The van der Waals surface area contributed by atoms with Crippen LogP contribution in [0.3, 0.4) is 0 Å². The smallest absolute Gasteiger partial charge is 0.211 e. The van der Waals surface area contributed by atoms with Crippen molar-refractivity contribution >= 4 is 22.9 Å². The SMILES string of the molecule is CC.CCCC(CC(CC)NC(C)c1cccc2ccccc12)c1ccc(NC=O)cc1. The Bertz CT molecular complexity index is 930. The summed E-state index contributed by atoms with van der Waals surface area (Å²) in [7, 11) is 0. The molecule has 0 spiro atoms. The summed E-state index contributed by atoms with van der Waals surface area (Å²) >= 11 is 0. The van der Waals surface area contributed by atoms with E-state index in [1.807, 2.05) is 26.0 Å². The topological polar surface area (TPSA) is 41.1 Å². The Labute approximate surface area is 194 Å². The standard InChI is InChI=1S/C27H34N2O.C2H6/c1-4-9-23(21-14-16-25(17-15-21)28-19-30)18-24(5-2)29-20(3)26-13-8-11-22-10-6-7-12-27(22)26;1-2/h6-8,10-17,19-20,23-24,29H,4-5,9,18H2,1-3H3,(H,28,30);1-2H3. The Hall–Kier alpha value is -2.65. The molecule has 0 aromatic heterocycles. The van der Waals surface area contributed by atoms with Crippen molar-refractivity contribution in [3.8, 4) is 0 Å². The molecule has 3 aromatic carbocycles. The number of anilines is 1. The van der Waals surface area contributed by atoms with Gasteiger partial charge in [-0.25, -0.2) is 0 Å². The molecule has 3 atom stereocenters. The molecule has 0 bridgehead atoms. The minimum Gasteiger partial charge on any atom is -0.329 e. The van der Waals surface area contributed by atoms with Crippen LogP contribution in [0.1, 0.15) is 83.4 Å². The number of benzene rings is 3. The Balaban J connectivity index is 0.00000176. The van der Waals surface area contributed by atoms with E-state index in [4.69, 9.17) is 0 Å². The molecule has 3 aromatic rings. The Kier molecular flexibility index (Phi) is 11.0. The highest BCUT2D eigenvalue weighted by Gasteiger charge is 2.19. The summed E-state index contributed by atoms with van der Waals surface area (Å²) in [4.78, 5) is 10.7. The lowest BCUT2D eigenvalue weighted by atomic mass is 9.87. The number of carbonyl (C=O) groups is 1. The largest absolute Gasteiger partial charge is 0.329 e. The van der Waals surface area contributed by atoms with Crippen LogP contribution < -0.4 is 10.6 Å². The van der Waals surface area contributed by atoms with Crippen molar-refractivity contribution in [2.24, 2.45) is 0 Å². The number of fused-ring (bicyclic) bond motifs is 1. The van der Waals surface area contributed by atoms with Gasteiger partial charge in [0.2, 0.25) is 6.41 Å². The van der Waals surface area contributed by atoms with E-state index in [1.54, 1.807) is 0 Å². The molecule has 32 heavy (non-hydrogen) atoms. The van der Waals surface area contributed by atoms with Crippen LogP contribution >= 0.6 is 0 Å². The van der Waals surface area contributed by atoms with Crippen molar-refractivity contribution < 1.29 is 4.79 Å². The molecule has 3 heteroatoms. The van der Waals surface area contributed by atoms with Crippen LogP contribution in [0.2, 0.25) is 0 Å². The average molecular weight is 433 g/mol. The van der Waals surface area contributed by atoms with Gasteiger partial charge in [-0.3, -0.25) is 4.79 Å². The molecule has 0 saturated carbocycles. The summed E-state index contributed by atoms with van der Waals surface area (Å²) in [6.07, 6.45) is 5.26. The minimum absolute atomic E-state index is 0.294. The zero-order chi connectivity index (χ0) is 23.3. The third kappa shape index (κ3) is 6.93. The number of hydrogen-bond acceptors (Lipinski definition) is 2. The first kappa shape index (κ1) is 25.6. The number of rotatable bonds is 11. The molecule has 0 fully saturated rings. The molecule has 0 aliphatic carbocycles. The fraction of sp³-hybridized carbons (Fsp3) is 0.414. The lowest BCUT2D eigenvalue weighted by Crippen LogP contribution is -2.32. The Morgan fingerprint density at radius 1 is 0.906 bits per heavy atom. The van der Waals surface area contributed by atoms with Gasteiger partial charge in [-0.2, -0.15) is 0 Å². The number of nitrogens with one attached hydrogen (secondary N) is 2. The van der Waals surface area contributed by atoms with E-state index in [1.165, 1.54) is 28.3 Å². The van der Waals surface area contributed by atoms with Gasteiger partial charge in [-0.05, 0) is 66.1 Å². The molecular weight excluding hydrogens is 392 g/mol. The summed E-state index contributed by atoms with van der Waals surface area (Å²) in [6, 6.07) is 24.3.